The Kier molecular flexibility index (Phi) is 4.08. The number of anilines is 1. The Bertz CT molecular complexity index is 475. The molecule has 0 N–H and O–H groups in total. The Morgan fingerprint density at radius 1 is 1.35 bits per heavy atom. The largest absolute Gasteiger partial charge is 0.346 e. The van der Waals surface area contributed by atoms with Crippen LogP contribution in [0.1, 0.15) is 54.4 Å². The molecule has 1 aromatic heterocycles. The van der Waals surface area contributed by atoms with E-state index in [1.54, 1.807) is 11.3 Å². The van der Waals surface area contributed by atoms with Gasteiger partial charge in [-0.3, -0.25) is 9.69 Å². The second-order valence-electron chi connectivity index (χ2n) is 5.93. The monoisotopic (exact) mass is 293 g/mol. The zero-order valence-electron chi connectivity index (χ0n) is 12.3. The molecule has 4 nitrogen and oxygen atoms in total. The molecule has 2 aliphatic rings. The van der Waals surface area contributed by atoms with Crippen LogP contribution in [0.15, 0.2) is 0 Å². The average molecular weight is 293 g/mol. The van der Waals surface area contributed by atoms with Gasteiger partial charge in [0.25, 0.3) is 0 Å². The van der Waals surface area contributed by atoms with E-state index in [9.17, 15) is 4.79 Å². The first-order chi connectivity index (χ1) is 9.72. The molecule has 1 saturated heterocycles. The number of piperazine rings is 1. The fourth-order valence-electron chi connectivity index (χ4n) is 2.82. The molecule has 1 aromatic rings. The number of aromatic nitrogens is 1. The number of rotatable bonds is 5. The highest BCUT2D eigenvalue weighted by Gasteiger charge is 2.32. The van der Waals surface area contributed by atoms with E-state index < -0.39 is 0 Å². The molecule has 1 aliphatic carbocycles. The Labute approximate surface area is 124 Å². The lowest BCUT2D eigenvalue weighted by molar-refractivity contribution is 0.112. The first-order valence-electron chi connectivity index (χ1n) is 7.67. The van der Waals surface area contributed by atoms with Gasteiger partial charge in [0.2, 0.25) is 0 Å². The molecule has 3 rings (SSSR count). The van der Waals surface area contributed by atoms with Crippen molar-refractivity contribution in [3.63, 3.8) is 0 Å². The van der Waals surface area contributed by atoms with Crippen molar-refractivity contribution in [2.75, 3.05) is 31.1 Å². The van der Waals surface area contributed by atoms with Gasteiger partial charge in [-0.1, -0.05) is 25.2 Å². The van der Waals surface area contributed by atoms with Gasteiger partial charge in [0.1, 0.15) is 0 Å². The van der Waals surface area contributed by atoms with Crippen LogP contribution in [0.3, 0.4) is 0 Å². The van der Waals surface area contributed by atoms with Crippen molar-refractivity contribution in [3.8, 4) is 0 Å². The summed E-state index contributed by atoms with van der Waals surface area (Å²) in [6.45, 7) is 8.66. The van der Waals surface area contributed by atoms with Crippen molar-refractivity contribution >= 4 is 22.8 Å². The van der Waals surface area contributed by atoms with Crippen LogP contribution >= 0.6 is 11.3 Å². The van der Waals surface area contributed by atoms with Gasteiger partial charge in [-0.05, 0) is 25.2 Å². The van der Waals surface area contributed by atoms with Crippen molar-refractivity contribution in [3.05, 3.63) is 10.6 Å². The summed E-state index contributed by atoms with van der Waals surface area (Å²) in [7, 11) is 0. The van der Waals surface area contributed by atoms with E-state index >= 15 is 0 Å². The van der Waals surface area contributed by atoms with Gasteiger partial charge in [-0.2, -0.15) is 0 Å². The van der Waals surface area contributed by atoms with E-state index in [2.05, 4.69) is 23.6 Å². The fourth-order valence-corrected chi connectivity index (χ4v) is 3.87. The van der Waals surface area contributed by atoms with Gasteiger partial charge in [-0.25, -0.2) is 4.98 Å². The van der Waals surface area contributed by atoms with Gasteiger partial charge in [0.05, 0.1) is 10.6 Å². The lowest BCUT2D eigenvalue weighted by atomic mass is 10.0. The van der Waals surface area contributed by atoms with Crippen LogP contribution in [0, 0.1) is 0 Å². The molecule has 0 aromatic carbocycles. The number of carbonyl (C=O) groups is 1. The summed E-state index contributed by atoms with van der Waals surface area (Å²) in [6, 6.07) is 0.856. The topological polar surface area (TPSA) is 36.4 Å². The second-order valence-corrected chi connectivity index (χ2v) is 6.94. The molecule has 5 heteroatoms. The quantitative estimate of drug-likeness (QED) is 0.782. The summed E-state index contributed by atoms with van der Waals surface area (Å²) in [5.74, 6) is 0.368. The second kappa shape index (κ2) is 5.82. The van der Waals surface area contributed by atoms with Gasteiger partial charge < -0.3 is 4.90 Å². The highest BCUT2D eigenvalue weighted by atomic mass is 32.1. The standard InChI is InChI=1S/C15H23N3OS/c1-3-11(2)14-13(10-19)20-15(16-14)18-8-6-17(7-9-18)12-4-5-12/h10-12H,3-9H2,1-2H3. The summed E-state index contributed by atoms with van der Waals surface area (Å²) in [5, 5.41) is 1.04. The molecule has 110 valence electrons. The van der Waals surface area contributed by atoms with Crippen molar-refractivity contribution in [1.82, 2.24) is 9.88 Å². The molecule has 0 radical (unpaired) electrons. The van der Waals surface area contributed by atoms with Gasteiger partial charge in [0.15, 0.2) is 11.4 Å². The molecule has 1 saturated carbocycles. The van der Waals surface area contributed by atoms with E-state index in [1.165, 1.54) is 12.8 Å². The number of thiazole rings is 1. The minimum absolute atomic E-state index is 0.368. The molecule has 1 aliphatic heterocycles. The third-order valence-electron chi connectivity index (χ3n) is 4.50. The zero-order valence-corrected chi connectivity index (χ0v) is 13.2. The maximum absolute atomic E-state index is 11.2. The Morgan fingerprint density at radius 3 is 2.60 bits per heavy atom. The number of hydrogen-bond donors (Lipinski definition) is 0. The molecule has 0 spiro atoms. The molecule has 0 bridgehead atoms. The molecule has 20 heavy (non-hydrogen) atoms. The molecule has 2 fully saturated rings. The van der Waals surface area contributed by atoms with Gasteiger partial charge in [-0.15, -0.1) is 0 Å². The molecular weight excluding hydrogens is 270 g/mol. The lowest BCUT2D eigenvalue weighted by Crippen LogP contribution is -2.47. The minimum atomic E-state index is 0.368. The molecule has 0 amide bonds. The minimum Gasteiger partial charge on any atom is -0.346 e. The first-order valence-corrected chi connectivity index (χ1v) is 8.49. The van der Waals surface area contributed by atoms with E-state index in [0.29, 0.717) is 5.92 Å². The molecular formula is C15H23N3OS. The average Bonchev–Trinajstić information content (AvgIpc) is 3.25. The summed E-state index contributed by atoms with van der Waals surface area (Å²) in [6.07, 6.45) is 4.76. The Morgan fingerprint density at radius 2 is 2.05 bits per heavy atom. The van der Waals surface area contributed by atoms with E-state index in [4.69, 9.17) is 4.98 Å². The van der Waals surface area contributed by atoms with E-state index in [0.717, 1.165) is 60.6 Å². The lowest BCUT2D eigenvalue weighted by Gasteiger charge is -2.34. The zero-order chi connectivity index (χ0) is 14.1. The summed E-state index contributed by atoms with van der Waals surface area (Å²) in [5.41, 5.74) is 0.993. The third kappa shape index (κ3) is 2.74. The molecule has 1 atom stereocenters. The number of hydrogen-bond acceptors (Lipinski definition) is 5. The van der Waals surface area contributed by atoms with E-state index in [1.807, 2.05) is 0 Å². The van der Waals surface area contributed by atoms with Crippen LogP contribution in [0.4, 0.5) is 5.13 Å². The summed E-state index contributed by atoms with van der Waals surface area (Å²) >= 11 is 1.56. The van der Waals surface area contributed by atoms with Crippen LogP contribution in [0.25, 0.3) is 0 Å². The predicted octanol–water partition coefficient (Wildman–Crippen LogP) is 2.75. The summed E-state index contributed by atoms with van der Waals surface area (Å²) in [4.78, 5) is 21.8. The number of nitrogens with zero attached hydrogens (tertiary/aromatic N) is 3. The molecule has 2 heterocycles. The number of carbonyl (C=O) groups excluding carboxylic acids is 1. The van der Waals surface area contributed by atoms with Crippen molar-refractivity contribution < 1.29 is 4.79 Å². The van der Waals surface area contributed by atoms with Crippen molar-refractivity contribution in [1.29, 1.82) is 0 Å². The Balaban J connectivity index is 1.70. The smallest absolute Gasteiger partial charge is 0.186 e. The van der Waals surface area contributed by atoms with Crippen LogP contribution in [-0.4, -0.2) is 48.4 Å². The van der Waals surface area contributed by atoms with Crippen LogP contribution in [-0.2, 0) is 0 Å². The van der Waals surface area contributed by atoms with Gasteiger partial charge in [0, 0.05) is 32.2 Å². The normalized spacial score (nSPS) is 22.0. The van der Waals surface area contributed by atoms with E-state index in [-0.39, 0.29) is 0 Å². The Hall–Kier alpha value is -0.940. The fraction of sp³-hybridized carbons (Fsp3) is 0.733. The summed E-state index contributed by atoms with van der Waals surface area (Å²) < 4.78 is 0. The van der Waals surface area contributed by atoms with Gasteiger partial charge >= 0.3 is 0 Å². The third-order valence-corrected chi connectivity index (χ3v) is 5.56. The highest BCUT2D eigenvalue weighted by Crippen LogP contribution is 2.33. The predicted molar refractivity (Wildman–Crippen MR) is 83.0 cm³/mol. The maximum atomic E-state index is 11.2. The van der Waals surface area contributed by atoms with Crippen LogP contribution in [0.5, 0.6) is 0 Å². The highest BCUT2D eigenvalue weighted by molar-refractivity contribution is 7.17. The first kappa shape index (κ1) is 14.0. The van der Waals surface area contributed by atoms with Crippen molar-refractivity contribution in [2.24, 2.45) is 0 Å². The SMILES string of the molecule is CCC(C)c1nc(N2CCN(C3CC3)CC2)sc1C=O. The van der Waals surface area contributed by atoms with Crippen molar-refractivity contribution in [2.45, 2.75) is 45.1 Å². The van der Waals surface area contributed by atoms with Crippen LogP contribution < -0.4 is 4.90 Å². The number of aldehydes is 1. The maximum Gasteiger partial charge on any atom is 0.186 e. The molecule has 1 unspecified atom stereocenters. The van der Waals surface area contributed by atoms with Crippen LogP contribution in [0.2, 0.25) is 0 Å².